The molecule has 3 aromatic rings. The minimum atomic E-state index is -0.273. The van der Waals surface area contributed by atoms with Crippen LogP contribution < -0.4 is 15.5 Å². The molecular weight excluding hydrogens is 350 g/mol. The van der Waals surface area contributed by atoms with E-state index in [1.165, 1.54) is 5.69 Å². The number of nitrogens with one attached hydrogen (secondary N) is 2. The van der Waals surface area contributed by atoms with Crippen molar-refractivity contribution in [1.82, 2.24) is 9.97 Å². The van der Waals surface area contributed by atoms with E-state index in [2.05, 4.69) is 51.5 Å². The summed E-state index contributed by atoms with van der Waals surface area (Å²) in [6.45, 7) is 8.26. The molecule has 1 heterocycles. The SMILES string of the molecule is CCN(CC)c1ccc(Nc2nccc(C(=O)Nc3ccccc3)n2)c(C)c1. The zero-order valence-corrected chi connectivity index (χ0v) is 16.4. The topological polar surface area (TPSA) is 70.2 Å². The standard InChI is InChI=1S/C22H25N5O/c1-4-27(5-2)18-11-12-19(16(3)15-18)25-22-23-14-13-20(26-22)21(28)24-17-9-7-6-8-10-17/h6-15H,4-5H2,1-3H3,(H,24,28)(H,23,25,26). The van der Waals surface area contributed by atoms with Crippen molar-refractivity contribution in [2.24, 2.45) is 0 Å². The van der Waals surface area contributed by atoms with Gasteiger partial charge in [-0.15, -0.1) is 0 Å². The van der Waals surface area contributed by atoms with Gasteiger partial charge in [0.2, 0.25) is 5.95 Å². The second kappa shape index (κ2) is 8.99. The average Bonchev–Trinajstić information content (AvgIpc) is 2.72. The number of carbonyl (C=O) groups is 1. The molecule has 0 aliphatic carbocycles. The van der Waals surface area contributed by atoms with Crippen LogP contribution in [0.2, 0.25) is 0 Å². The van der Waals surface area contributed by atoms with Gasteiger partial charge in [0.25, 0.3) is 5.91 Å². The molecular formula is C22H25N5O. The molecule has 28 heavy (non-hydrogen) atoms. The van der Waals surface area contributed by atoms with Crippen LogP contribution in [0.1, 0.15) is 29.9 Å². The highest BCUT2D eigenvalue weighted by Crippen LogP contribution is 2.24. The van der Waals surface area contributed by atoms with Gasteiger partial charge in [0.05, 0.1) is 0 Å². The predicted octanol–water partition coefficient (Wildman–Crippen LogP) is 4.63. The fourth-order valence-electron chi connectivity index (χ4n) is 2.96. The lowest BCUT2D eigenvalue weighted by molar-refractivity contribution is 0.102. The van der Waals surface area contributed by atoms with Crippen molar-refractivity contribution in [3.05, 3.63) is 72.1 Å². The molecule has 0 aliphatic rings. The summed E-state index contributed by atoms with van der Waals surface area (Å²) in [5, 5.41) is 6.04. The molecule has 2 N–H and O–H groups in total. The van der Waals surface area contributed by atoms with Gasteiger partial charge in [0.1, 0.15) is 5.69 Å². The molecule has 0 aliphatic heterocycles. The van der Waals surface area contributed by atoms with Crippen LogP contribution in [-0.2, 0) is 0 Å². The van der Waals surface area contributed by atoms with Crippen molar-refractivity contribution >= 4 is 28.9 Å². The second-order valence-electron chi connectivity index (χ2n) is 6.38. The van der Waals surface area contributed by atoms with E-state index in [0.717, 1.165) is 30.0 Å². The Morgan fingerprint density at radius 2 is 1.79 bits per heavy atom. The van der Waals surface area contributed by atoms with Crippen LogP contribution in [0, 0.1) is 6.92 Å². The smallest absolute Gasteiger partial charge is 0.274 e. The summed E-state index contributed by atoms with van der Waals surface area (Å²) in [6.07, 6.45) is 1.58. The van der Waals surface area contributed by atoms with Gasteiger partial charge in [-0.25, -0.2) is 9.97 Å². The zero-order chi connectivity index (χ0) is 19.9. The fraction of sp³-hybridized carbons (Fsp3) is 0.227. The van der Waals surface area contributed by atoms with E-state index >= 15 is 0 Å². The molecule has 0 spiro atoms. The maximum Gasteiger partial charge on any atom is 0.274 e. The first kappa shape index (κ1) is 19.4. The monoisotopic (exact) mass is 375 g/mol. The van der Waals surface area contributed by atoms with E-state index in [4.69, 9.17) is 0 Å². The number of rotatable bonds is 7. The molecule has 6 heteroatoms. The lowest BCUT2D eigenvalue weighted by atomic mass is 10.1. The van der Waals surface area contributed by atoms with E-state index in [-0.39, 0.29) is 5.91 Å². The van der Waals surface area contributed by atoms with Crippen LogP contribution in [0.3, 0.4) is 0 Å². The van der Waals surface area contributed by atoms with Crippen LogP contribution in [0.15, 0.2) is 60.8 Å². The number of benzene rings is 2. The summed E-state index contributed by atoms with van der Waals surface area (Å²) in [5.41, 5.74) is 4.22. The third-order valence-electron chi connectivity index (χ3n) is 4.50. The molecule has 0 atom stereocenters. The Morgan fingerprint density at radius 3 is 2.46 bits per heavy atom. The van der Waals surface area contributed by atoms with Crippen LogP contribution in [0.25, 0.3) is 0 Å². The number of hydrogen-bond donors (Lipinski definition) is 2. The molecule has 0 saturated carbocycles. The first-order valence-electron chi connectivity index (χ1n) is 9.42. The highest BCUT2D eigenvalue weighted by molar-refractivity contribution is 6.02. The maximum absolute atomic E-state index is 12.4. The summed E-state index contributed by atoms with van der Waals surface area (Å²) in [7, 11) is 0. The molecule has 1 aromatic heterocycles. The van der Waals surface area contributed by atoms with Crippen LogP contribution in [-0.4, -0.2) is 29.0 Å². The number of anilines is 4. The second-order valence-corrected chi connectivity index (χ2v) is 6.38. The van der Waals surface area contributed by atoms with Crippen molar-refractivity contribution < 1.29 is 4.79 Å². The Hall–Kier alpha value is -3.41. The number of aromatic nitrogens is 2. The quantitative estimate of drug-likeness (QED) is 0.630. The van der Waals surface area contributed by atoms with Crippen LogP contribution in [0.4, 0.5) is 23.0 Å². The molecule has 0 radical (unpaired) electrons. The number of carbonyl (C=O) groups excluding carboxylic acids is 1. The number of hydrogen-bond acceptors (Lipinski definition) is 5. The van der Waals surface area contributed by atoms with Gasteiger partial charge in [-0.3, -0.25) is 4.79 Å². The molecule has 0 unspecified atom stereocenters. The molecule has 0 fully saturated rings. The lowest BCUT2D eigenvalue weighted by Crippen LogP contribution is -2.21. The largest absolute Gasteiger partial charge is 0.372 e. The van der Waals surface area contributed by atoms with E-state index < -0.39 is 0 Å². The molecule has 0 bridgehead atoms. The predicted molar refractivity (Wildman–Crippen MR) is 114 cm³/mol. The molecule has 144 valence electrons. The van der Waals surface area contributed by atoms with Gasteiger partial charge in [0.15, 0.2) is 0 Å². The van der Waals surface area contributed by atoms with Crippen LogP contribution >= 0.6 is 0 Å². The maximum atomic E-state index is 12.4. The van der Waals surface area contributed by atoms with Gasteiger partial charge < -0.3 is 15.5 Å². The summed E-state index contributed by atoms with van der Waals surface area (Å²) >= 11 is 0. The van der Waals surface area contributed by atoms with Gasteiger partial charge in [-0.1, -0.05) is 18.2 Å². The van der Waals surface area contributed by atoms with Gasteiger partial charge in [-0.2, -0.15) is 0 Å². The minimum absolute atomic E-state index is 0.273. The summed E-state index contributed by atoms with van der Waals surface area (Å²) < 4.78 is 0. The lowest BCUT2D eigenvalue weighted by Gasteiger charge is -2.22. The van der Waals surface area contributed by atoms with Gasteiger partial charge >= 0.3 is 0 Å². The Labute approximate surface area is 165 Å². The Bertz CT molecular complexity index is 939. The number of aryl methyl sites for hydroxylation is 1. The van der Waals surface area contributed by atoms with Crippen molar-refractivity contribution in [1.29, 1.82) is 0 Å². The van der Waals surface area contributed by atoms with E-state index in [1.807, 2.05) is 43.3 Å². The number of para-hydroxylation sites is 1. The highest BCUT2D eigenvalue weighted by atomic mass is 16.1. The zero-order valence-electron chi connectivity index (χ0n) is 16.4. The van der Waals surface area contributed by atoms with Crippen molar-refractivity contribution in [3.63, 3.8) is 0 Å². The Kier molecular flexibility index (Phi) is 6.22. The van der Waals surface area contributed by atoms with Gasteiger partial charge in [0, 0.05) is 36.3 Å². The van der Waals surface area contributed by atoms with Crippen LogP contribution in [0.5, 0.6) is 0 Å². The number of amides is 1. The fourth-order valence-corrected chi connectivity index (χ4v) is 2.96. The minimum Gasteiger partial charge on any atom is -0.372 e. The van der Waals surface area contributed by atoms with E-state index in [9.17, 15) is 4.79 Å². The molecule has 3 rings (SSSR count). The normalized spacial score (nSPS) is 10.4. The van der Waals surface area contributed by atoms with Gasteiger partial charge in [-0.05, 0) is 62.7 Å². The number of nitrogens with zero attached hydrogens (tertiary/aromatic N) is 3. The third-order valence-corrected chi connectivity index (χ3v) is 4.50. The van der Waals surface area contributed by atoms with E-state index in [1.54, 1.807) is 12.3 Å². The third kappa shape index (κ3) is 4.65. The van der Waals surface area contributed by atoms with Crippen molar-refractivity contribution in [2.45, 2.75) is 20.8 Å². The average molecular weight is 375 g/mol. The molecule has 0 saturated heterocycles. The summed E-state index contributed by atoms with van der Waals surface area (Å²) in [4.78, 5) is 23.3. The molecule has 6 nitrogen and oxygen atoms in total. The Balaban J connectivity index is 1.75. The first-order valence-corrected chi connectivity index (χ1v) is 9.42. The van der Waals surface area contributed by atoms with E-state index in [0.29, 0.717) is 11.6 Å². The van der Waals surface area contributed by atoms with Crippen molar-refractivity contribution in [2.75, 3.05) is 28.6 Å². The first-order chi connectivity index (χ1) is 13.6. The Morgan fingerprint density at radius 1 is 1.04 bits per heavy atom. The summed E-state index contributed by atoms with van der Waals surface area (Å²) in [5.74, 6) is 0.115. The van der Waals surface area contributed by atoms with Crippen molar-refractivity contribution in [3.8, 4) is 0 Å². The highest BCUT2D eigenvalue weighted by Gasteiger charge is 2.11. The molecule has 1 amide bonds. The summed E-state index contributed by atoms with van der Waals surface area (Å²) in [6, 6.07) is 17.1. The molecule has 2 aromatic carbocycles.